The molecule has 1 N–H and O–H groups in total. The van der Waals surface area contributed by atoms with Crippen LogP contribution in [0.15, 0.2) is 17.1 Å². The maximum absolute atomic E-state index is 10.6. The summed E-state index contributed by atoms with van der Waals surface area (Å²) in [7, 11) is 0. The third kappa shape index (κ3) is 3.84. The Morgan fingerprint density at radius 3 is 2.27 bits per heavy atom. The molecule has 3 heteroatoms. The predicted molar refractivity (Wildman–Crippen MR) is 93.4 cm³/mol. The number of phenolic OH excluding ortho intramolecular Hbond substituents is 1. The summed E-state index contributed by atoms with van der Waals surface area (Å²) in [6.45, 7) is 0. The number of aromatic hydroxyl groups is 1. The molecule has 22 heavy (non-hydrogen) atoms. The van der Waals surface area contributed by atoms with E-state index in [1.807, 2.05) is 18.3 Å². The highest BCUT2D eigenvalue weighted by molar-refractivity contribution is 6.31. The van der Waals surface area contributed by atoms with Crippen LogP contribution in [-0.2, 0) is 0 Å². The second-order valence-electron chi connectivity index (χ2n) is 6.84. The quantitative estimate of drug-likeness (QED) is 0.697. The van der Waals surface area contributed by atoms with Crippen molar-refractivity contribution in [1.82, 2.24) is 0 Å². The molecule has 0 atom stereocenters. The summed E-state index contributed by atoms with van der Waals surface area (Å²) in [5, 5.41) is 11.4. The number of phenols is 1. The van der Waals surface area contributed by atoms with Crippen molar-refractivity contribution in [2.75, 3.05) is 0 Å². The van der Waals surface area contributed by atoms with Gasteiger partial charge in [-0.25, -0.2) is 0 Å². The monoisotopic (exact) mass is 319 g/mol. The predicted octanol–water partition coefficient (Wildman–Crippen LogP) is 5.84. The molecule has 0 aliphatic heterocycles. The van der Waals surface area contributed by atoms with Crippen molar-refractivity contribution in [3.63, 3.8) is 0 Å². The number of aliphatic imine (C=N–C) groups is 1. The summed E-state index contributed by atoms with van der Waals surface area (Å²) in [5.41, 5.74) is 1.82. The largest absolute Gasteiger partial charge is 0.507 e. The fourth-order valence-electron chi connectivity index (χ4n) is 3.88. The van der Waals surface area contributed by atoms with E-state index in [1.54, 1.807) is 0 Å². The van der Waals surface area contributed by atoms with E-state index < -0.39 is 0 Å². The van der Waals surface area contributed by atoms with Crippen LogP contribution in [0.1, 0.15) is 81.3 Å². The number of nitrogens with zero attached hydrogens (tertiary/aromatic N) is 1. The lowest BCUT2D eigenvalue weighted by Gasteiger charge is -2.23. The summed E-state index contributed by atoms with van der Waals surface area (Å²) >= 11 is 6.29. The van der Waals surface area contributed by atoms with Crippen LogP contribution in [0.5, 0.6) is 5.75 Å². The van der Waals surface area contributed by atoms with E-state index in [1.165, 1.54) is 51.4 Å². The molecule has 0 heterocycles. The fourth-order valence-corrected chi connectivity index (χ4v) is 4.12. The van der Waals surface area contributed by atoms with Crippen LogP contribution in [-0.4, -0.2) is 17.4 Å². The fraction of sp³-hybridized carbons (Fsp3) is 0.632. The summed E-state index contributed by atoms with van der Waals surface area (Å²) < 4.78 is 0. The van der Waals surface area contributed by atoms with Crippen LogP contribution in [0.3, 0.4) is 0 Å². The highest BCUT2D eigenvalue weighted by Gasteiger charge is 2.21. The van der Waals surface area contributed by atoms with E-state index in [0.717, 1.165) is 24.0 Å². The van der Waals surface area contributed by atoms with Crippen molar-refractivity contribution in [3.8, 4) is 5.75 Å². The van der Waals surface area contributed by atoms with Gasteiger partial charge in [0.25, 0.3) is 0 Å². The van der Waals surface area contributed by atoms with E-state index in [4.69, 9.17) is 16.6 Å². The van der Waals surface area contributed by atoms with Gasteiger partial charge in [0.2, 0.25) is 0 Å². The molecule has 1 aromatic rings. The Hall–Kier alpha value is -1.02. The third-order valence-electron chi connectivity index (χ3n) is 5.18. The van der Waals surface area contributed by atoms with Gasteiger partial charge in [0.15, 0.2) is 0 Å². The number of hydrogen-bond donors (Lipinski definition) is 1. The highest BCUT2D eigenvalue weighted by atomic mass is 35.5. The molecule has 0 unspecified atom stereocenters. The molecular formula is C19H26ClNO. The molecule has 2 aliphatic rings. The first kappa shape index (κ1) is 15.9. The molecule has 0 amide bonds. The zero-order chi connectivity index (χ0) is 15.4. The Balaban J connectivity index is 1.81. The minimum Gasteiger partial charge on any atom is -0.507 e. The number of hydrogen-bond acceptors (Lipinski definition) is 2. The molecular weight excluding hydrogens is 294 g/mol. The number of halogens is 1. The van der Waals surface area contributed by atoms with E-state index in [9.17, 15) is 5.11 Å². The summed E-state index contributed by atoms with van der Waals surface area (Å²) in [6.07, 6.45) is 14.2. The second-order valence-corrected chi connectivity index (χ2v) is 7.27. The summed E-state index contributed by atoms with van der Waals surface area (Å²) in [5.74, 6) is 0.852. The first-order valence-electron chi connectivity index (χ1n) is 8.79. The molecule has 2 fully saturated rings. The highest BCUT2D eigenvalue weighted by Crippen LogP contribution is 2.39. The molecule has 3 rings (SSSR count). The lowest BCUT2D eigenvalue weighted by molar-refractivity contribution is 0.414. The van der Waals surface area contributed by atoms with Gasteiger partial charge in [-0.1, -0.05) is 50.1 Å². The molecule has 0 bridgehead atoms. The molecule has 0 aromatic heterocycles. The Morgan fingerprint density at radius 2 is 1.59 bits per heavy atom. The number of rotatable bonds is 3. The van der Waals surface area contributed by atoms with Crippen molar-refractivity contribution in [2.24, 2.45) is 4.99 Å². The van der Waals surface area contributed by atoms with Gasteiger partial charge in [-0.05, 0) is 49.3 Å². The summed E-state index contributed by atoms with van der Waals surface area (Å²) in [4.78, 5) is 4.70. The van der Waals surface area contributed by atoms with E-state index in [0.29, 0.717) is 22.7 Å². The normalized spacial score (nSPS) is 21.5. The molecule has 1 aromatic carbocycles. The zero-order valence-corrected chi connectivity index (χ0v) is 14.0. The van der Waals surface area contributed by atoms with E-state index in [-0.39, 0.29) is 0 Å². The second kappa shape index (κ2) is 7.50. The molecule has 0 saturated heterocycles. The van der Waals surface area contributed by atoms with Crippen LogP contribution in [0.4, 0.5) is 0 Å². The van der Waals surface area contributed by atoms with Crippen molar-refractivity contribution < 1.29 is 5.11 Å². The molecule has 2 saturated carbocycles. The standard InChI is InChI=1S/C19H26ClNO/c20-16-11-15(13-21-17-9-5-2-6-10-17)19(22)18(12-16)14-7-3-1-4-8-14/h11-14,17,22H,1-10H2. The Bertz CT molecular complexity index is 528. The molecule has 2 aliphatic carbocycles. The minimum atomic E-state index is 0.399. The Kier molecular flexibility index (Phi) is 5.41. The zero-order valence-electron chi connectivity index (χ0n) is 13.2. The van der Waals surface area contributed by atoms with Crippen LogP contribution in [0, 0.1) is 0 Å². The third-order valence-corrected chi connectivity index (χ3v) is 5.40. The first-order chi connectivity index (χ1) is 10.7. The minimum absolute atomic E-state index is 0.399. The van der Waals surface area contributed by atoms with Gasteiger partial charge in [-0.2, -0.15) is 0 Å². The van der Waals surface area contributed by atoms with Crippen molar-refractivity contribution in [2.45, 2.75) is 76.2 Å². The average Bonchev–Trinajstić information content (AvgIpc) is 2.57. The van der Waals surface area contributed by atoms with Crippen LogP contribution in [0.25, 0.3) is 0 Å². The first-order valence-corrected chi connectivity index (χ1v) is 9.17. The SMILES string of the molecule is Oc1c(C=NC2CCCCC2)cc(Cl)cc1C1CCCCC1. The van der Waals surface area contributed by atoms with Gasteiger partial charge >= 0.3 is 0 Å². The van der Waals surface area contributed by atoms with Gasteiger partial charge in [-0.3, -0.25) is 4.99 Å². The van der Waals surface area contributed by atoms with Gasteiger partial charge in [0.05, 0.1) is 0 Å². The van der Waals surface area contributed by atoms with Crippen LogP contribution in [0.2, 0.25) is 5.02 Å². The Labute approximate surface area is 138 Å². The van der Waals surface area contributed by atoms with Gasteiger partial charge in [0, 0.05) is 22.8 Å². The van der Waals surface area contributed by atoms with Crippen LogP contribution < -0.4 is 0 Å². The van der Waals surface area contributed by atoms with Gasteiger partial charge < -0.3 is 5.11 Å². The molecule has 0 spiro atoms. The molecule has 120 valence electrons. The van der Waals surface area contributed by atoms with E-state index >= 15 is 0 Å². The van der Waals surface area contributed by atoms with E-state index in [2.05, 4.69) is 0 Å². The number of benzene rings is 1. The average molecular weight is 320 g/mol. The maximum atomic E-state index is 10.6. The molecule has 0 radical (unpaired) electrons. The summed E-state index contributed by atoms with van der Waals surface area (Å²) in [6, 6.07) is 4.21. The van der Waals surface area contributed by atoms with Crippen molar-refractivity contribution >= 4 is 17.8 Å². The topological polar surface area (TPSA) is 32.6 Å². The van der Waals surface area contributed by atoms with Gasteiger partial charge in [-0.15, -0.1) is 0 Å². The smallest absolute Gasteiger partial charge is 0.127 e. The molecule has 2 nitrogen and oxygen atoms in total. The maximum Gasteiger partial charge on any atom is 0.127 e. The van der Waals surface area contributed by atoms with Crippen molar-refractivity contribution in [1.29, 1.82) is 0 Å². The van der Waals surface area contributed by atoms with Crippen molar-refractivity contribution in [3.05, 3.63) is 28.3 Å². The Morgan fingerprint density at radius 1 is 0.955 bits per heavy atom. The lowest BCUT2D eigenvalue weighted by atomic mass is 9.83. The van der Waals surface area contributed by atoms with Gasteiger partial charge in [0.1, 0.15) is 5.75 Å². The lowest BCUT2D eigenvalue weighted by Crippen LogP contribution is -2.10. The van der Waals surface area contributed by atoms with Crippen LogP contribution >= 0.6 is 11.6 Å².